The molecule has 0 saturated carbocycles. The van der Waals surface area contributed by atoms with Gasteiger partial charge in [-0.1, -0.05) is 25.4 Å². The van der Waals surface area contributed by atoms with E-state index in [0.717, 1.165) is 17.0 Å². The summed E-state index contributed by atoms with van der Waals surface area (Å²) in [6.07, 6.45) is 1.75. The zero-order valence-corrected chi connectivity index (χ0v) is 19.8. The van der Waals surface area contributed by atoms with Crippen LogP contribution in [0, 0.1) is 5.92 Å². The molecule has 0 aromatic heterocycles. The highest BCUT2D eigenvalue weighted by Gasteiger charge is 2.30. The van der Waals surface area contributed by atoms with Gasteiger partial charge in [0.15, 0.2) is 0 Å². The number of sulfonamides is 1. The normalized spacial score (nSPS) is 16.7. The molecule has 31 heavy (non-hydrogen) atoms. The van der Waals surface area contributed by atoms with E-state index in [1.165, 1.54) is 0 Å². The van der Waals surface area contributed by atoms with E-state index >= 15 is 0 Å². The molecule has 168 valence electrons. The molecular formula is C23H30ClN3O3S. The number of hydrogen-bond donors (Lipinski definition) is 0. The fraction of sp³-hybridized carbons (Fsp3) is 0.435. The minimum absolute atomic E-state index is 0.0122. The zero-order valence-electron chi connectivity index (χ0n) is 18.2. The molecule has 8 heteroatoms. The first-order chi connectivity index (χ1) is 14.8. The van der Waals surface area contributed by atoms with Gasteiger partial charge in [0.05, 0.1) is 18.9 Å². The molecule has 1 heterocycles. The Morgan fingerprint density at radius 2 is 1.65 bits per heavy atom. The summed E-state index contributed by atoms with van der Waals surface area (Å²) in [7, 11) is -1.78. The van der Waals surface area contributed by atoms with Gasteiger partial charge in [0.1, 0.15) is 5.75 Å². The third kappa shape index (κ3) is 6.45. The molecule has 3 rings (SSSR count). The predicted octanol–water partition coefficient (Wildman–Crippen LogP) is 3.94. The maximum atomic E-state index is 13.1. The van der Waals surface area contributed by atoms with Crippen molar-refractivity contribution in [3.05, 3.63) is 59.1 Å². The van der Waals surface area contributed by atoms with Crippen molar-refractivity contribution in [1.82, 2.24) is 4.31 Å². The Labute approximate surface area is 190 Å². The van der Waals surface area contributed by atoms with E-state index < -0.39 is 10.0 Å². The summed E-state index contributed by atoms with van der Waals surface area (Å²) in [4.78, 5) is 6.79. The summed E-state index contributed by atoms with van der Waals surface area (Å²) in [5.74, 6) is 0.899. The highest BCUT2D eigenvalue weighted by Crippen LogP contribution is 2.21. The number of nitrogens with zero attached hydrogens (tertiary/aromatic N) is 3. The number of piperazine rings is 1. The summed E-state index contributed by atoms with van der Waals surface area (Å²) < 4.78 is 32.9. The second-order valence-electron chi connectivity index (χ2n) is 8.00. The first-order valence-corrected chi connectivity index (χ1v) is 12.4. The van der Waals surface area contributed by atoms with Crippen LogP contribution >= 0.6 is 11.6 Å². The van der Waals surface area contributed by atoms with E-state index in [-0.39, 0.29) is 17.7 Å². The molecule has 0 aliphatic carbocycles. The molecule has 1 aliphatic heterocycles. The summed E-state index contributed by atoms with van der Waals surface area (Å²) in [5, 5.41) is 0.694. The third-order valence-corrected chi connectivity index (χ3v) is 7.67. The first-order valence-electron chi connectivity index (χ1n) is 10.4. The lowest BCUT2D eigenvalue weighted by Gasteiger charge is -2.36. The molecule has 6 nitrogen and oxygen atoms in total. The van der Waals surface area contributed by atoms with Crippen LogP contribution in [0.3, 0.4) is 0 Å². The molecule has 1 atom stereocenters. The number of halogens is 1. The zero-order chi connectivity index (χ0) is 22.4. The number of rotatable bonds is 8. The van der Waals surface area contributed by atoms with E-state index in [4.69, 9.17) is 16.3 Å². The van der Waals surface area contributed by atoms with Crippen LogP contribution in [0.5, 0.6) is 5.75 Å². The number of aliphatic imine (C=N–C) groups is 1. The summed E-state index contributed by atoms with van der Waals surface area (Å²) in [5.41, 5.74) is 1.98. The Morgan fingerprint density at radius 1 is 1.03 bits per heavy atom. The molecule has 1 aliphatic rings. The Balaban J connectivity index is 1.61. The largest absolute Gasteiger partial charge is 0.497 e. The molecule has 1 fully saturated rings. The fourth-order valence-corrected chi connectivity index (χ4v) is 5.44. The Hall–Kier alpha value is -2.09. The van der Waals surface area contributed by atoms with Crippen LogP contribution in [-0.4, -0.2) is 64.0 Å². The third-order valence-electron chi connectivity index (χ3n) is 5.51. The van der Waals surface area contributed by atoms with Crippen LogP contribution < -0.4 is 9.64 Å². The first kappa shape index (κ1) is 23.6. The van der Waals surface area contributed by atoms with Gasteiger partial charge in [-0.25, -0.2) is 8.42 Å². The van der Waals surface area contributed by atoms with Gasteiger partial charge in [0, 0.05) is 43.1 Å². The molecule has 0 bridgehead atoms. The molecule has 2 aromatic rings. The maximum Gasteiger partial charge on any atom is 0.216 e. The molecule has 1 saturated heterocycles. The Morgan fingerprint density at radius 3 is 2.19 bits per heavy atom. The maximum absolute atomic E-state index is 13.1. The lowest BCUT2D eigenvalue weighted by atomic mass is 10.1. The highest BCUT2D eigenvalue weighted by atomic mass is 35.5. The lowest BCUT2D eigenvalue weighted by Crippen LogP contribution is -2.50. The molecule has 0 N–H and O–H groups in total. The Bertz CT molecular complexity index is 968. The number of methoxy groups -OCH3 is 1. The standard InChI is InChI=1S/C23H30ClN3O3S/c1-18(2)23(25-16-19-4-10-22(30-3)11-5-19)17-31(28,29)27-14-12-26(13-15-27)21-8-6-20(24)7-9-21/h4-11,16,18,23H,12-15,17H2,1-3H3/t23-/m1/s1. The molecule has 0 spiro atoms. The van der Waals surface area contributed by atoms with E-state index in [1.54, 1.807) is 17.6 Å². The van der Waals surface area contributed by atoms with Gasteiger partial charge in [-0.3, -0.25) is 4.99 Å². The van der Waals surface area contributed by atoms with Gasteiger partial charge in [0.2, 0.25) is 10.0 Å². The van der Waals surface area contributed by atoms with Crippen LogP contribution in [0.1, 0.15) is 19.4 Å². The number of benzene rings is 2. The van der Waals surface area contributed by atoms with E-state index in [1.807, 2.05) is 62.4 Å². The summed E-state index contributed by atoms with van der Waals surface area (Å²) in [6, 6.07) is 14.9. The Kier molecular flexibility index (Phi) is 7.97. The highest BCUT2D eigenvalue weighted by molar-refractivity contribution is 7.89. The fourth-order valence-electron chi connectivity index (χ4n) is 3.48. The lowest BCUT2D eigenvalue weighted by molar-refractivity contribution is 0.379. The van der Waals surface area contributed by atoms with Crippen LogP contribution in [0.25, 0.3) is 0 Å². The van der Waals surface area contributed by atoms with Crippen molar-refractivity contribution < 1.29 is 13.2 Å². The van der Waals surface area contributed by atoms with E-state index in [9.17, 15) is 8.42 Å². The van der Waals surface area contributed by atoms with E-state index in [0.29, 0.717) is 31.2 Å². The van der Waals surface area contributed by atoms with Crippen molar-refractivity contribution >= 4 is 33.5 Å². The predicted molar refractivity (Wildman–Crippen MR) is 128 cm³/mol. The second-order valence-corrected chi connectivity index (χ2v) is 10.5. The van der Waals surface area contributed by atoms with Crippen molar-refractivity contribution in [2.45, 2.75) is 19.9 Å². The quantitative estimate of drug-likeness (QED) is 0.556. The van der Waals surface area contributed by atoms with Crippen molar-refractivity contribution in [3.8, 4) is 5.75 Å². The molecule has 2 aromatic carbocycles. The van der Waals surface area contributed by atoms with Gasteiger partial charge >= 0.3 is 0 Å². The molecular weight excluding hydrogens is 434 g/mol. The van der Waals surface area contributed by atoms with Crippen molar-refractivity contribution in [1.29, 1.82) is 0 Å². The average Bonchev–Trinajstić information content (AvgIpc) is 2.77. The van der Waals surface area contributed by atoms with Crippen LogP contribution in [0.15, 0.2) is 53.5 Å². The van der Waals surface area contributed by atoms with Gasteiger partial charge in [-0.2, -0.15) is 4.31 Å². The van der Waals surface area contributed by atoms with E-state index in [2.05, 4.69) is 9.89 Å². The molecule has 0 unspecified atom stereocenters. The molecule has 0 amide bonds. The monoisotopic (exact) mass is 463 g/mol. The van der Waals surface area contributed by atoms with Crippen LogP contribution in [0.2, 0.25) is 5.02 Å². The van der Waals surface area contributed by atoms with Crippen molar-refractivity contribution in [2.24, 2.45) is 10.9 Å². The number of hydrogen-bond acceptors (Lipinski definition) is 5. The van der Waals surface area contributed by atoms with Gasteiger partial charge in [0.25, 0.3) is 0 Å². The smallest absolute Gasteiger partial charge is 0.216 e. The topological polar surface area (TPSA) is 62.2 Å². The number of anilines is 1. The second kappa shape index (κ2) is 10.5. The van der Waals surface area contributed by atoms with Crippen LogP contribution in [-0.2, 0) is 10.0 Å². The van der Waals surface area contributed by atoms with Gasteiger partial charge < -0.3 is 9.64 Å². The van der Waals surface area contributed by atoms with Gasteiger partial charge in [-0.05, 0) is 60.0 Å². The van der Waals surface area contributed by atoms with Crippen molar-refractivity contribution in [3.63, 3.8) is 0 Å². The minimum atomic E-state index is -3.40. The van der Waals surface area contributed by atoms with Crippen LogP contribution in [0.4, 0.5) is 5.69 Å². The summed E-state index contributed by atoms with van der Waals surface area (Å²) >= 11 is 5.96. The number of ether oxygens (including phenoxy) is 1. The van der Waals surface area contributed by atoms with Gasteiger partial charge in [-0.15, -0.1) is 0 Å². The molecule has 0 radical (unpaired) electrons. The van der Waals surface area contributed by atoms with Crippen molar-refractivity contribution in [2.75, 3.05) is 43.9 Å². The minimum Gasteiger partial charge on any atom is -0.497 e. The summed E-state index contributed by atoms with van der Waals surface area (Å²) in [6.45, 7) is 6.26. The SMILES string of the molecule is COc1ccc(C=N[C@H](CS(=O)(=O)N2CCN(c3ccc(Cl)cc3)CC2)C(C)C)cc1. The average molecular weight is 464 g/mol.